The molecule has 0 amide bonds. The average Bonchev–Trinajstić information content (AvgIpc) is 3.21. The second-order valence-electron chi connectivity index (χ2n) is 5.36. The summed E-state index contributed by atoms with van der Waals surface area (Å²) < 4.78 is 25.8. The van der Waals surface area contributed by atoms with Gasteiger partial charge in [-0.2, -0.15) is 13.9 Å². The molecule has 2 aromatic heterocycles. The van der Waals surface area contributed by atoms with Crippen molar-refractivity contribution >= 4 is 5.57 Å². The highest BCUT2D eigenvalue weighted by molar-refractivity contribution is 5.71. The van der Waals surface area contributed by atoms with Gasteiger partial charge in [0.25, 0.3) is 0 Å². The Bertz CT molecular complexity index is 825. The number of alkyl halides is 2. The summed E-state index contributed by atoms with van der Waals surface area (Å²) in [4.78, 5) is 16.1. The Labute approximate surface area is 136 Å². The van der Waals surface area contributed by atoms with Gasteiger partial charge < -0.3 is 9.80 Å². The predicted molar refractivity (Wildman–Crippen MR) is 80.8 cm³/mol. The normalized spacial score (nSPS) is 16.5. The molecule has 0 radical (unpaired) electrons. The highest BCUT2D eigenvalue weighted by Gasteiger charge is 2.22. The van der Waals surface area contributed by atoms with Crippen LogP contribution in [0.1, 0.15) is 18.1 Å². The minimum absolute atomic E-state index is 0.461. The largest absolute Gasteiger partial charge is 0.352 e. The number of rotatable bonds is 4. The zero-order valence-electron chi connectivity index (χ0n) is 12.5. The topological polar surface area (TPSA) is 63.0 Å². The van der Waals surface area contributed by atoms with Gasteiger partial charge in [-0.3, -0.25) is 0 Å². The van der Waals surface area contributed by atoms with E-state index >= 15 is 0 Å². The molecular weight excluding hydrogens is 316 g/mol. The van der Waals surface area contributed by atoms with Crippen LogP contribution in [0.3, 0.4) is 0 Å². The maximum Gasteiger partial charge on any atom is 0.333 e. The van der Waals surface area contributed by atoms with Crippen LogP contribution in [0, 0.1) is 0 Å². The molecule has 0 aromatic carbocycles. The number of allylic oxidation sites excluding steroid dienone is 3. The van der Waals surface area contributed by atoms with Crippen LogP contribution in [0.15, 0.2) is 55.2 Å². The summed E-state index contributed by atoms with van der Waals surface area (Å²) in [5.41, 5.74) is 2.50. The van der Waals surface area contributed by atoms with Crippen molar-refractivity contribution in [2.24, 2.45) is 0 Å². The Morgan fingerprint density at radius 1 is 1.12 bits per heavy atom. The van der Waals surface area contributed by atoms with E-state index in [2.05, 4.69) is 20.1 Å². The van der Waals surface area contributed by atoms with Crippen molar-refractivity contribution in [3.63, 3.8) is 0 Å². The molecule has 0 atom stereocenters. The molecule has 2 aliphatic rings. The Hall–Kier alpha value is -3.10. The van der Waals surface area contributed by atoms with Gasteiger partial charge >= 0.3 is 6.55 Å². The maximum atomic E-state index is 12.6. The lowest BCUT2D eigenvalue weighted by Gasteiger charge is -2.21. The summed E-state index contributed by atoms with van der Waals surface area (Å²) in [7, 11) is 0. The summed E-state index contributed by atoms with van der Waals surface area (Å²) in [6, 6.07) is 1.60. The van der Waals surface area contributed by atoms with Crippen LogP contribution in [0.4, 0.5) is 8.78 Å². The van der Waals surface area contributed by atoms with Crippen LogP contribution in [-0.4, -0.2) is 41.2 Å². The van der Waals surface area contributed by atoms with Crippen LogP contribution in [0.25, 0.3) is 5.57 Å². The van der Waals surface area contributed by atoms with E-state index in [1.807, 2.05) is 34.4 Å². The third-order valence-electron chi connectivity index (χ3n) is 3.69. The van der Waals surface area contributed by atoms with Crippen molar-refractivity contribution in [2.75, 3.05) is 6.67 Å². The molecule has 4 rings (SSSR count). The Morgan fingerprint density at radius 3 is 2.71 bits per heavy atom. The molecule has 0 fully saturated rings. The first kappa shape index (κ1) is 14.5. The number of halogens is 2. The molecule has 24 heavy (non-hydrogen) atoms. The van der Waals surface area contributed by atoms with E-state index < -0.39 is 6.55 Å². The first-order valence-corrected chi connectivity index (χ1v) is 7.26. The number of fused-ring (bicyclic) bond motifs is 1. The lowest BCUT2D eigenvalue weighted by atomic mass is 10.2. The fourth-order valence-electron chi connectivity index (χ4n) is 2.61. The van der Waals surface area contributed by atoms with Gasteiger partial charge in [0.1, 0.15) is 12.7 Å². The summed E-state index contributed by atoms with van der Waals surface area (Å²) in [5.74, 6) is 0.606. The lowest BCUT2D eigenvalue weighted by molar-refractivity contribution is 0.0559. The zero-order chi connectivity index (χ0) is 16.5. The molecule has 2 aromatic rings. The number of aromatic nitrogens is 5. The van der Waals surface area contributed by atoms with Gasteiger partial charge in [-0.15, -0.1) is 0 Å². The van der Waals surface area contributed by atoms with Crippen molar-refractivity contribution in [1.82, 2.24) is 34.5 Å². The molecule has 0 unspecified atom stereocenters. The molecule has 122 valence electrons. The molecule has 9 heteroatoms. The smallest absolute Gasteiger partial charge is 0.333 e. The quantitative estimate of drug-likeness (QED) is 0.855. The van der Waals surface area contributed by atoms with Crippen molar-refractivity contribution in [1.29, 1.82) is 0 Å². The van der Waals surface area contributed by atoms with Crippen molar-refractivity contribution in [2.45, 2.75) is 13.1 Å². The van der Waals surface area contributed by atoms with E-state index in [9.17, 15) is 8.78 Å². The monoisotopic (exact) mass is 329 g/mol. The zero-order valence-corrected chi connectivity index (χ0v) is 12.5. The van der Waals surface area contributed by atoms with Gasteiger partial charge in [-0.05, 0) is 18.2 Å². The van der Waals surface area contributed by atoms with Crippen LogP contribution < -0.4 is 0 Å². The molecule has 0 saturated heterocycles. The Kier molecular flexibility index (Phi) is 3.52. The van der Waals surface area contributed by atoms with Crippen molar-refractivity contribution in [3.05, 3.63) is 66.7 Å². The van der Waals surface area contributed by atoms with E-state index in [-0.39, 0.29) is 0 Å². The molecule has 2 aliphatic heterocycles. The number of nitrogens with zero attached hydrogens (tertiary/aromatic N) is 7. The summed E-state index contributed by atoms with van der Waals surface area (Å²) in [5, 5.41) is 3.87. The van der Waals surface area contributed by atoms with E-state index in [1.165, 1.54) is 18.9 Å². The molecule has 0 spiro atoms. The van der Waals surface area contributed by atoms with Crippen molar-refractivity contribution < 1.29 is 8.78 Å². The second kappa shape index (κ2) is 5.84. The van der Waals surface area contributed by atoms with Gasteiger partial charge in [-0.25, -0.2) is 19.6 Å². The predicted octanol–water partition coefficient (Wildman–Crippen LogP) is 1.99. The minimum Gasteiger partial charge on any atom is -0.352 e. The van der Waals surface area contributed by atoms with Gasteiger partial charge in [-0.1, -0.05) is 0 Å². The molecule has 4 heterocycles. The van der Waals surface area contributed by atoms with E-state index in [4.69, 9.17) is 0 Å². The molecule has 0 N–H and O–H groups in total. The summed E-state index contributed by atoms with van der Waals surface area (Å²) >= 11 is 0. The third kappa shape index (κ3) is 2.75. The first-order chi connectivity index (χ1) is 11.7. The molecule has 0 saturated carbocycles. The van der Waals surface area contributed by atoms with Crippen LogP contribution in [0.5, 0.6) is 0 Å². The van der Waals surface area contributed by atoms with Gasteiger partial charge in [0.2, 0.25) is 0 Å². The molecular formula is C15H13F2N7. The highest BCUT2D eigenvalue weighted by Crippen LogP contribution is 2.27. The Morgan fingerprint density at radius 2 is 1.96 bits per heavy atom. The maximum absolute atomic E-state index is 12.6. The van der Waals surface area contributed by atoms with Crippen LogP contribution in [-0.2, 0) is 6.54 Å². The number of hydrogen-bond donors (Lipinski definition) is 0. The fourth-order valence-corrected chi connectivity index (χ4v) is 2.61. The number of hydrogen-bond acceptors (Lipinski definition) is 6. The Balaban J connectivity index is 1.47. The lowest BCUT2D eigenvalue weighted by Crippen LogP contribution is -2.24. The van der Waals surface area contributed by atoms with Crippen molar-refractivity contribution in [3.8, 4) is 0 Å². The van der Waals surface area contributed by atoms with Crippen LogP contribution in [0.2, 0.25) is 0 Å². The fraction of sp³-hybridized carbons (Fsp3) is 0.200. The molecule has 0 aliphatic carbocycles. The van der Waals surface area contributed by atoms with Crippen LogP contribution >= 0.6 is 0 Å². The standard InChI is InChI=1S/C15H13F2N7/c16-15(17)24-4-3-12(21-24)6-22-7-13-2-1-11(5-23(13)10-22)14-19-8-18-9-20-14/h1-5,7-9,15H,6,10H2. The molecule has 0 bridgehead atoms. The second-order valence-corrected chi connectivity index (χ2v) is 5.36. The van der Waals surface area contributed by atoms with Gasteiger partial charge in [0.05, 0.1) is 24.6 Å². The summed E-state index contributed by atoms with van der Waals surface area (Å²) in [6.45, 7) is -1.55. The average molecular weight is 329 g/mol. The van der Waals surface area contributed by atoms with E-state index in [0.717, 1.165) is 11.3 Å². The van der Waals surface area contributed by atoms with E-state index in [0.29, 0.717) is 29.4 Å². The minimum atomic E-state index is -2.61. The summed E-state index contributed by atoms with van der Waals surface area (Å²) in [6.07, 6.45) is 12.0. The van der Waals surface area contributed by atoms with Gasteiger partial charge in [0.15, 0.2) is 5.82 Å². The third-order valence-corrected chi connectivity index (χ3v) is 3.69. The SMILES string of the molecule is FC(F)n1ccc(CN2C=C3C=CC(c4ncncn4)=CN3C2)n1. The van der Waals surface area contributed by atoms with Gasteiger partial charge in [0, 0.05) is 24.2 Å². The highest BCUT2D eigenvalue weighted by atomic mass is 19.3. The first-order valence-electron chi connectivity index (χ1n) is 7.26. The molecule has 7 nitrogen and oxygen atoms in total. The van der Waals surface area contributed by atoms with E-state index in [1.54, 1.807) is 6.07 Å².